The molecule has 9 nitrogen and oxygen atoms in total. The van der Waals surface area contributed by atoms with E-state index in [9.17, 15) is 20.0 Å². The SMILES string of the molecule is COc1ccc(/C=N/NC(=O)c2cc(N)cc([N+](=O)[O-])c2)cc1O. The lowest BCUT2D eigenvalue weighted by molar-refractivity contribution is -0.384. The Morgan fingerprint density at radius 1 is 1.38 bits per heavy atom. The highest BCUT2D eigenvalue weighted by Gasteiger charge is 2.13. The second-order valence-electron chi connectivity index (χ2n) is 4.70. The van der Waals surface area contributed by atoms with Crippen LogP contribution in [0.1, 0.15) is 15.9 Å². The average molecular weight is 330 g/mol. The second-order valence-corrected chi connectivity index (χ2v) is 4.70. The molecular formula is C15H14N4O5. The fourth-order valence-electron chi connectivity index (χ4n) is 1.89. The summed E-state index contributed by atoms with van der Waals surface area (Å²) in [7, 11) is 1.42. The van der Waals surface area contributed by atoms with Crippen LogP contribution in [0.3, 0.4) is 0 Å². The summed E-state index contributed by atoms with van der Waals surface area (Å²) in [4.78, 5) is 22.1. The maximum absolute atomic E-state index is 12.0. The van der Waals surface area contributed by atoms with Crippen LogP contribution in [0, 0.1) is 10.1 Å². The van der Waals surface area contributed by atoms with Gasteiger partial charge < -0.3 is 15.6 Å². The van der Waals surface area contributed by atoms with Crippen molar-refractivity contribution in [2.24, 2.45) is 5.10 Å². The summed E-state index contributed by atoms with van der Waals surface area (Å²) >= 11 is 0. The Balaban J connectivity index is 2.10. The Kier molecular flexibility index (Phi) is 4.95. The van der Waals surface area contributed by atoms with Gasteiger partial charge in [-0.1, -0.05) is 0 Å². The summed E-state index contributed by atoms with van der Waals surface area (Å²) in [6, 6.07) is 8.12. The lowest BCUT2D eigenvalue weighted by atomic mass is 10.1. The van der Waals surface area contributed by atoms with Gasteiger partial charge in [0.05, 0.1) is 23.8 Å². The summed E-state index contributed by atoms with van der Waals surface area (Å²) in [6.07, 6.45) is 1.30. The number of hydrogen-bond acceptors (Lipinski definition) is 7. The number of hydrazone groups is 1. The lowest BCUT2D eigenvalue weighted by Crippen LogP contribution is -2.18. The molecule has 0 aromatic heterocycles. The first-order valence-corrected chi connectivity index (χ1v) is 6.66. The number of phenols is 1. The predicted molar refractivity (Wildman–Crippen MR) is 87.2 cm³/mol. The minimum Gasteiger partial charge on any atom is -0.504 e. The zero-order valence-electron chi connectivity index (χ0n) is 12.6. The zero-order chi connectivity index (χ0) is 17.7. The summed E-state index contributed by atoms with van der Waals surface area (Å²) < 4.78 is 4.91. The molecule has 2 rings (SSSR count). The maximum Gasteiger partial charge on any atom is 0.272 e. The van der Waals surface area contributed by atoms with Crippen molar-refractivity contribution in [1.29, 1.82) is 0 Å². The van der Waals surface area contributed by atoms with Gasteiger partial charge in [-0.15, -0.1) is 0 Å². The van der Waals surface area contributed by atoms with Gasteiger partial charge >= 0.3 is 0 Å². The molecule has 4 N–H and O–H groups in total. The molecule has 0 unspecified atom stereocenters. The standard InChI is InChI=1S/C15H14N4O5/c1-24-14-3-2-9(4-13(14)20)8-17-18-15(21)10-5-11(16)7-12(6-10)19(22)23/h2-8,20H,16H2,1H3,(H,18,21)/b17-8+. The smallest absolute Gasteiger partial charge is 0.272 e. The van der Waals surface area contributed by atoms with E-state index in [1.165, 1.54) is 25.5 Å². The minimum absolute atomic E-state index is 0.0106. The van der Waals surface area contributed by atoms with Crippen LogP contribution in [-0.2, 0) is 0 Å². The highest BCUT2D eigenvalue weighted by atomic mass is 16.6. The third-order valence-electron chi connectivity index (χ3n) is 3.00. The third-order valence-corrected chi connectivity index (χ3v) is 3.00. The number of nitro benzene ring substituents is 1. The van der Waals surface area contributed by atoms with Crippen LogP contribution in [0.2, 0.25) is 0 Å². The van der Waals surface area contributed by atoms with Gasteiger partial charge in [0, 0.05) is 17.8 Å². The highest BCUT2D eigenvalue weighted by Crippen LogP contribution is 2.25. The molecule has 1 amide bonds. The van der Waals surface area contributed by atoms with Crippen LogP contribution in [-0.4, -0.2) is 29.3 Å². The molecule has 0 heterocycles. The molecule has 0 atom stereocenters. The van der Waals surface area contributed by atoms with E-state index in [-0.39, 0.29) is 22.7 Å². The number of aromatic hydroxyl groups is 1. The number of nitro groups is 1. The van der Waals surface area contributed by atoms with Crippen LogP contribution in [0.15, 0.2) is 41.5 Å². The van der Waals surface area contributed by atoms with Crippen molar-refractivity contribution in [3.63, 3.8) is 0 Å². The molecule has 0 aliphatic carbocycles. The molecule has 2 aromatic carbocycles. The van der Waals surface area contributed by atoms with Crippen LogP contribution in [0.4, 0.5) is 11.4 Å². The first kappa shape index (κ1) is 16.7. The molecular weight excluding hydrogens is 316 g/mol. The van der Waals surface area contributed by atoms with Gasteiger partial charge in [0.1, 0.15) is 0 Å². The van der Waals surface area contributed by atoms with Gasteiger partial charge in [-0.25, -0.2) is 5.43 Å². The fraction of sp³-hybridized carbons (Fsp3) is 0.0667. The van der Waals surface area contributed by atoms with E-state index in [0.717, 1.165) is 12.1 Å². The molecule has 0 saturated heterocycles. The normalized spacial score (nSPS) is 10.5. The Hall–Kier alpha value is -3.62. The molecule has 0 radical (unpaired) electrons. The number of non-ortho nitro benzene ring substituents is 1. The predicted octanol–water partition coefficient (Wildman–Crippen LogP) is 1.66. The van der Waals surface area contributed by atoms with E-state index in [1.807, 2.05) is 0 Å². The number of nitrogens with zero attached hydrogens (tertiary/aromatic N) is 2. The number of nitrogens with one attached hydrogen (secondary N) is 1. The Bertz CT molecular complexity index is 820. The minimum atomic E-state index is -0.653. The number of benzene rings is 2. The fourth-order valence-corrected chi connectivity index (χ4v) is 1.89. The second kappa shape index (κ2) is 7.09. The monoisotopic (exact) mass is 330 g/mol. The van der Waals surface area contributed by atoms with Crippen molar-refractivity contribution < 1.29 is 19.6 Å². The molecule has 124 valence electrons. The van der Waals surface area contributed by atoms with E-state index in [0.29, 0.717) is 11.3 Å². The van der Waals surface area contributed by atoms with E-state index in [2.05, 4.69) is 10.5 Å². The Labute approximate surface area is 136 Å². The van der Waals surface area contributed by atoms with Crippen molar-refractivity contribution >= 4 is 23.5 Å². The largest absolute Gasteiger partial charge is 0.504 e. The molecule has 0 fully saturated rings. The number of phenolic OH excluding ortho intramolecular Hbond substituents is 1. The number of hydrogen-bond donors (Lipinski definition) is 3. The summed E-state index contributed by atoms with van der Waals surface area (Å²) in [5.41, 5.74) is 8.10. The third kappa shape index (κ3) is 3.97. The van der Waals surface area contributed by atoms with E-state index in [4.69, 9.17) is 10.5 Å². The van der Waals surface area contributed by atoms with Gasteiger partial charge in [0.25, 0.3) is 11.6 Å². The molecule has 2 aromatic rings. The van der Waals surface area contributed by atoms with Crippen LogP contribution < -0.4 is 15.9 Å². The van der Waals surface area contributed by atoms with Crippen LogP contribution >= 0.6 is 0 Å². The van der Waals surface area contributed by atoms with Crippen molar-refractivity contribution in [3.05, 3.63) is 57.6 Å². The number of rotatable bonds is 5. The van der Waals surface area contributed by atoms with Gasteiger partial charge in [-0.3, -0.25) is 14.9 Å². The van der Waals surface area contributed by atoms with E-state index >= 15 is 0 Å². The summed E-state index contributed by atoms with van der Waals surface area (Å²) in [5.74, 6) is -0.415. The van der Waals surface area contributed by atoms with Crippen LogP contribution in [0.5, 0.6) is 11.5 Å². The first-order valence-electron chi connectivity index (χ1n) is 6.66. The van der Waals surface area contributed by atoms with Gasteiger partial charge in [0.2, 0.25) is 0 Å². The van der Waals surface area contributed by atoms with Crippen LogP contribution in [0.25, 0.3) is 0 Å². The molecule has 9 heteroatoms. The molecule has 0 spiro atoms. The summed E-state index contributed by atoms with van der Waals surface area (Å²) in [6.45, 7) is 0. The number of methoxy groups -OCH3 is 1. The van der Waals surface area contributed by atoms with Gasteiger partial charge in [-0.05, 0) is 29.8 Å². The Morgan fingerprint density at radius 2 is 2.12 bits per heavy atom. The van der Waals surface area contributed by atoms with Gasteiger partial charge in [0.15, 0.2) is 11.5 Å². The van der Waals surface area contributed by atoms with Crippen molar-refractivity contribution in [2.45, 2.75) is 0 Å². The number of anilines is 1. The average Bonchev–Trinajstić information content (AvgIpc) is 2.54. The lowest BCUT2D eigenvalue weighted by Gasteiger charge is -2.04. The topological polar surface area (TPSA) is 140 Å². The molecule has 0 bridgehead atoms. The van der Waals surface area contributed by atoms with Crippen molar-refractivity contribution in [2.75, 3.05) is 12.8 Å². The number of ether oxygens (including phenoxy) is 1. The van der Waals surface area contributed by atoms with Gasteiger partial charge in [-0.2, -0.15) is 5.10 Å². The van der Waals surface area contributed by atoms with Crippen molar-refractivity contribution in [1.82, 2.24) is 5.43 Å². The highest BCUT2D eigenvalue weighted by molar-refractivity contribution is 5.96. The number of carbonyl (C=O) groups is 1. The van der Waals surface area contributed by atoms with E-state index < -0.39 is 10.8 Å². The zero-order valence-corrected chi connectivity index (χ0v) is 12.6. The number of amides is 1. The Morgan fingerprint density at radius 3 is 2.75 bits per heavy atom. The molecule has 0 saturated carbocycles. The van der Waals surface area contributed by atoms with E-state index in [1.54, 1.807) is 12.1 Å². The number of nitrogen functional groups attached to an aromatic ring is 1. The summed E-state index contributed by atoms with van der Waals surface area (Å²) in [5, 5.41) is 24.1. The molecule has 24 heavy (non-hydrogen) atoms. The quantitative estimate of drug-likeness (QED) is 0.329. The molecule has 0 aliphatic rings. The first-order chi connectivity index (χ1) is 11.4. The molecule has 0 aliphatic heterocycles. The maximum atomic E-state index is 12.0. The number of nitrogens with two attached hydrogens (primary N) is 1. The van der Waals surface area contributed by atoms with Crippen molar-refractivity contribution in [3.8, 4) is 11.5 Å². The number of carbonyl (C=O) groups excluding carboxylic acids is 1.